The van der Waals surface area contributed by atoms with E-state index < -0.39 is 0 Å². The van der Waals surface area contributed by atoms with Crippen LogP contribution in [0.2, 0.25) is 0 Å². The smallest absolute Gasteiger partial charge is 0.358 e. The zero-order chi connectivity index (χ0) is 0. The van der Waals surface area contributed by atoms with Crippen molar-refractivity contribution in [1.82, 2.24) is 0 Å². The molecular weight excluding hydrogens is 84.6 g/mol. The Morgan fingerprint density at radius 1 is 0.400 bits per heavy atom. The van der Waals surface area contributed by atoms with Crippen LogP contribution in [-0.4, -0.2) is 46.1 Å². The van der Waals surface area contributed by atoms with E-state index in [9.17, 15) is 0 Å². The molecule has 0 saturated heterocycles. The third-order valence-corrected chi connectivity index (χ3v) is 0. The fraction of sp³-hybridized carbons (Fsp3) is 0. The minimum Gasteiger partial charge on any atom is -0.358 e. The molecule has 0 rings (SSSR count). The van der Waals surface area contributed by atoms with Crippen molar-refractivity contribution in [2.24, 2.45) is 0 Å². The Labute approximate surface area is 68.0 Å². The van der Waals surface area contributed by atoms with Crippen molar-refractivity contribution >= 4 is 46.1 Å². The summed E-state index contributed by atoms with van der Waals surface area (Å²) in [4.78, 5) is 0. The maximum Gasteiger partial charge on any atom is 2.00 e. The van der Waals surface area contributed by atoms with Crippen LogP contribution in [0.15, 0.2) is 0 Å². The van der Waals surface area contributed by atoms with Gasteiger partial charge in [0.25, 0.3) is 0 Å². The van der Waals surface area contributed by atoms with Gasteiger partial charge in [-0.2, -0.15) is 0 Å². The largest absolute Gasteiger partial charge is 2.00 e. The molecule has 0 aliphatic heterocycles. The number of rotatable bonds is 0. The first-order chi connectivity index (χ1) is 0. The van der Waals surface area contributed by atoms with Crippen molar-refractivity contribution in [3.05, 3.63) is 22.3 Å². The SMILES string of the molecule is [CH3-].[CH3-].[CH3-].[Mg+2].[Mg+2]. The normalized spacial score (nSPS) is 0. The third-order valence-electron chi connectivity index (χ3n) is 0. The van der Waals surface area contributed by atoms with E-state index in [1.807, 2.05) is 0 Å². The molecule has 0 atom stereocenters. The Bertz CT molecular complexity index is 4.85. The van der Waals surface area contributed by atoms with Gasteiger partial charge in [-0.15, -0.1) is 0 Å². The minimum absolute atomic E-state index is 0. The van der Waals surface area contributed by atoms with Crippen LogP contribution in [0.5, 0.6) is 0 Å². The van der Waals surface area contributed by atoms with Crippen molar-refractivity contribution in [2.45, 2.75) is 0 Å². The van der Waals surface area contributed by atoms with Crippen molar-refractivity contribution in [1.29, 1.82) is 0 Å². The van der Waals surface area contributed by atoms with Crippen molar-refractivity contribution in [3.63, 3.8) is 0 Å². The molecular formula is C3H9Mg2+. The van der Waals surface area contributed by atoms with E-state index in [4.69, 9.17) is 0 Å². The molecule has 0 N–H and O–H groups in total. The monoisotopic (exact) mass is 93.0 g/mol. The minimum atomic E-state index is 0. The fourth-order valence-electron chi connectivity index (χ4n) is 0. The molecule has 2 heteroatoms. The van der Waals surface area contributed by atoms with Crippen molar-refractivity contribution in [3.8, 4) is 0 Å². The molecule has 0 fully saturated rings. The molecule has 0 aromatic rings. The maximum absolute atomic E-state index is 0. The summed E-state index contributed by atoms with van der Waals surface area (Å²) in [6.07, 6.45) is 0. The average molecular weight is 93.7 g/mol. The van der Waals surface area contributed by atoms with Crippen LogP contribution in [0.25, 0.3) is 0 Å². The molecule has 0 aromatic heterocycles. The predicted octanol–water partition coefficient (Wildman–Crippen LogP) is 0.589. The first-order valence-electron chi connectivity index (χ1n) is 0. The second-order valence-electron chi connectivity index (χ2n) is 0. The van der Waals surface area contributed by atoms with E-state index in [0.29, 0.717) is 0 Å². The second-order valence-corrected chi connectivity index (χ2v) is 0. The van der Waals surface area contributed by atoms with Gasteiger partial charge in [-0.25, -0.2) is 0 Å². The average Bonchev–Trinajstić information content (AvgIpc) is 0. The third kappa shape index (κ3) is 29.4. The Morgan fingerprint density at radius 3 is 0.400 bits per heavy atom. The van der Waals surface area contributed by atoms with Gasteiger partial charge in [0.2, 0.25) is 0 Å². The topological polar surface area (TPSA) is 0 Å². The molecule has 0 saturated carbocycles. The van der Waals surface area contributed by atoms with Gasteiger partial charge in [0.1, 0.15) is 0 Å². The molecule has 0 heterocycles. The fourth-order valence-corrected chi connectivity index (χ4v) is 0. The van der Waals surface area contributed by atoms with Gasteiger partial charge in [-0.1, -0.05) is 0 Å². The summed E-state index contributed by atoms with van der Waals surface area (Å²) < 4.78 is 0. The van der Waals surface area contributed by atoms with Gasteiger partial charge < -0.3 is 22.3 Å². The summed E-state index contributed by atoms with van der Waals surface area (Å²) in [5.41, 5.74) is 0. The van der Waals surface area contributed by atoms with Crippen molar-refractivity contribution < 1.29 is 0 Å². The van der Waals surface area contributed by atoms with Crippen molar-refractivity contribution in [2.75, 3.05) is 0 Å². The summed E-state index contributed by atoms with van der Waals surface area (Å²) in [6, 6.07) is 0. The second kappa shape index (κ2) is 48.4. The molecule has 0 aliphatic rings. The van der Waals surface area contributed by atoms with Crippen LogP contribution >= 0.6 is 0 Å². The van der Waals surface area contributed by atoms with Gasteiger partial charge >= 0.3 is 46.1 Å². The summed E-state index contributed by atoms with van der Waals surface area (Å²) in [7, 11) is 0. The van der Waals surface area contributed by atoms with Crippen LogP contribution in [0.4, 0.5) is 0 Å². The van der Waals surface area contributed by atoms with Crippen LogP contribution in [0, 0.1) is 22.3 Å². The van der Waals surface area contributed by atoms with Crippen LogP contribution < -0.4 is 0 Å². The van der Waals surface area contributed by atoms with Crippen LogP contribution in [-0.2, 0) is 0 Å². The Hall–Kier alpha value is 1.53. The first-order valence-corrected chi connectivity index (χ1v) is 0. The summed E-state index contributed by atoms with van der Waals surface area (Å²) >= 11 is 0. The molecule has 24 valence electrons. The molecule has 0 spiro atoms. The summed E-state index contributed by atoms with van der Waals surface area (Å²) in [6.45, 7) is 0. The quantitative estimate of drug-likeness (QED) is 0.304. The standard InChI is InChI=1S/3CH3.2Mg/h3*1H3;;/q3*-1;2*+2. The van der Waals surface area contributed by atoms with E-state index in [-0.39, 0.29) is 68.4 Å². The molecule has 0 bridgehead atoms. The van der Waals surface area contributed by atoms with Gasteiger partial charge in [-0.3, -0.25) is 0 Å². The van der Waals surface area contributed by atoms with Gasteiger partial charge in [0, 0.05) is 0 Å². The summed E-state index contributed by atoms with van der Waals surface area (Å²) in [5, 5.41) is 0. The Kier molecular flexibility index (Phi) is 824. The van der Waals surface area contributed by atoms with Gasteiger partial charge in [0.05, 0.1) is 0 Å². The van der Waals surface area contributed by atoms with Crippen LogP contribution in [0.1, 0.15) is 0 Å². The molecule has 0 amide bonds. The predicted molar refractivity (Wildman–Crippen MR) is 30.7 cm³/mol. The zero-order valence-electron chi connectivity index (χ0n) is 4.41. The molecule has 0 nitrogen and oxygen atoms in total. The van der Waals surface area contributed by atoms with E-state index in [1.54, 1.807) is 0 Å². The van der Waals surface area contributed by atoms with E-state index in [1.165, 1.54) is 0 Å². The molecule has 5 heavy (non-hydrogen) atoms. The molecule has 0 unspecified atom stereocenters. The Balaban J connectivity index is 0. The molecule has 0 aromatic carbocycles. The van der Waals surface area contributed by atoms with E-state index in [0.717, 1.165) is 0 Å². The Morgan fingerprint density at radius 2 is 0.400 bits per heavy atom. The number of hydrogen-bond donors (Lipinski definition) is 0. The first kappa shape index (κ1) is 85.1. The van der Waals surface area contributed by atoms with Gasteiger partial charge in [0.15, 0.2) is 0 Å². The zero-order valence-corrected chi connectivity index (χ0v) is 7.24. The van der Waals surface area contributed by atoms with E-state index in [2.05, 4.69) is 0 Å². The van der Waals surface area contributed by atoms with E-state index >= 15 is 0 Å². The summed E-state index contributed by atoms with van der Waals surface area (Å²) in [5.74, 6) is 0. The van der Waals surface area contributed by atoms with Crippen LogP contribution in [0.3, 0.4) is 0 Å². The maximum atomic E-state index is 0. The van der Waals surface area contributed by atoms with Gasteiger partial charge in [-0.05, 0) is 0 Å². The molecule has 0 aliphatic carbocycles. The number of hydrogen-bond acceptors (Lipinski definition) is 0. The molecule has 0 radical (unpaired) electrons.